The standard InChI is InChI=1S/C26H30N6O4/c1-2-27-23(33)17-36-22-9-4-3-7-18(22)15-31-25(34)21-11-10-20-16-30-24(26(35)32(20)21)29-14-12-19-8-5-6-13-28-19/h3-9,13,16,21H,2,10-12,14-15,17H2,1H3,(H,27,33)(H,29,30)(H,31,34)/t21-/m0/s1. The van der Waals surface area contributed by atoms with E-state index in [0.29, 0.717) is 38.1 Å². The van der Waals surface area contributed by atoms with E-state index in [-0.39, 0.29) is 36.3 Å². The number of amides is 2. The lowest BCUT2D eigenvalue weighted by Crippen LogP contribution is -2.36. The third kappa shape index (κ3) is 6.07. The van der Waals surface area contributed by atoms with Gasteiger partial charge in [-0.05, 0) is 38.0 Å². The van der Waals surface area contributed by atoms with Crippen LogP contribution in [0.1, 0.15) is 36.3 Å². The fourth-order valence-corrected chi connectivity index (χ4v) is 4.15. The smallest absolute Gasteiger partial charge is 0.294 e. The van der Waals surface area contributed by atoms with Crippen LogP contribution in [0.4, 0.5) is 5.82 Å². The highest BCUT2D eigenvalue weighted by Crippen LogP contribution is 2.24. The molecule has 3 N–H and O–H groups in total. The lowest BCUT2D eigenvalue weighted by molar-refractivity contribution is -0.124. The van der Waals surface area contributed by atoms with Gasteiger partial charge in [0.05, 0.1) is 0 Å². The number of para-hydroxylation sites is 1. The molecule has 0 unspecified atom stereocenters. The monoisotopic (exact) mass is 490 g/mol. The Kier molecular flexibility index (Phi) is 8.28. The Bertz CT molecular complexity index is 1260. The Balaban J connectivity index is 1.38. The van der Waals surface area contributed by atoms with Crippen LogP contribution in [0.25, 0.3) is 0 Å². The number of pyridine rings is 1. The molecule has 10 nitrogen and oxygen atoms in total. The SMILES string of the molecule is CCNC(=O)COc1ccccc1CNC(=O)[C@@H]1CCc2cnc(NCCc3ccccn3)c(=O)n21. The van der Waals surface area contributed by atoms with Crippen molar-refractivity contribution >= 4 is 17.6 Å². The number of hydrogen-bond acceptors (Lipinski definition) is 7. The Morgan fingerprint density at radius 3 is 2.75 bits per heavy atom. The van der Waals surface area contributed by atoms with Crippen LogP contribution in [-0.4, -0.2) is 46.0 Å². The summed E-state index contributed by atoms with van der Waals surface area (Å²) < 4.78 is 7.16. The van der Waals surface area contributed by atoms with E-state index in [1.54, 1.807) is 24.5 Å². The van der Waals surface area contributed by atoms with Crippen LogP contribution in [0.15, 0.2) is 59.7 Å². The molecule has 10 heteroatoms. The minimum absolute atomic E-state index is 0.104. The van der Waals surface area contributed by atoms with Crippen LogP contribution in [0.3, 0.4) is 0 Å². The molecule has 1 atom stereocenters. The summed E-state index contributed by atoms with van der Waals surface area (Å²) in [5.41, 5.74) is 2.09. The molecule has 188 valence electrons. The van der Waals surface area contributed by atoms with Gasteiger partial charge in [-0.15, -0.1) is 0 Å². The summed E-state index contributed by atoms with van der Waals surface area (Å²) in [7, 11) is 0. The number of aromatic nitrogens is 3. The van der Waals surface area contributed by atoms with Crippen LogP contribution in [0.2, 0.25) is 0 Å². The highest BCUT2D eigenvalue weighted by atomic mass is 16.5. The van der Waals surface area contributed by atoms with Crippen LogP contribution in [0.5, 0.6) is 5.75 Å². The summed E-state index contributed by atoms with van der Waals surface area (Å²) in [5, 5.41) is 8.68. The molecule has 0 saturated heterocycles. The van der Waals surface area contributed by atoms with Crippen molar-refractivity contribution < 1.29 is 14.3 Å². The van der Waals surface area contributed by atoms with Gasteiger partial charge in [0, 0.05) is 55.4 Å². The summed E-state index contributed by atoms with van der Waals surface area (Å²) in [5.74, 6) is 0.284. The summed E-state index contributed by atoms with van der Waals surface area (Å²) >= 11 is 0. The first-order valence-corrected chi connectivity index (χ1v) is 12.1. The van der Waals surface area contributed by atoms with Crippen molar-refractivity contribution in [3.8, 4) is 5.75 Å². The van der Waals surface area contributed by atoms with E-state index in [9.17, 15) is 14.4 Å². The van der Waals surface area contributed by atoms with Gasteiger partial charge in [0.2, 0.25) is 5.91 Å². The van der Waals surface area contributed by atoms with Crippen LogP contribution < -0.4 is 26.2 Å². The predicted molar refractivity (Wildman–Crippen MR) is 135 cm³/mol. The number of aryl methyl sites for hydroxylation is 1. The normalized spacial score (nSPS) is 14.1. The summed E-state index contributed by atoms with van der Waals surface area (Å²) in [6, 6.07) is 12.3. The Hall–Kier alpha value is -4.21. The van der Waals surface area contributed by atoms with Gasteiger partial charge in [-0.1, -0.05) is 24.3 Å². The summed E-state index contributed by atoms with van der Waals surface area (Å²) in [6.45, 7) is 2.98. The van der Waals surface area contributed by atoms with Crippen molar-refractivity contribution in [2.75, 3.05) is 25.0 Å². The number of benzene rings is 1. The minimum atomic E-state index is -0.616. The van der Waals surface area contributed by atoms with E-state index < -0.39 is 6.04 Å². The van der Waals surface area contributed by atoms with Gasteiger partial charge in [0.15, 0.2) is 12.4 Å². The molecule has 2 amide bonds. The van der Waals surface area contributed by atoms with Crippen LogP contribution in [-0.2, 0) is 29.0 Å². The molecular weight excluding hydrogens is 460 g/mol. The molecule has 0 saturated carbocycles. The maximum Gasteiger partial charge on any atom is 0.294 e. The molecule has 0 radical (unpaired) electrons. The van der Waals surface area contributed by atoms with E-state index in [1.807, 2.05) is 37.3 Å². The Morgan fingerprint density at radius 1 is 1.11 bits per heavy atom. The number of anilines is 1. The predicted octanol–water partition coefficient (Wildman–Crippen LogP) is 1.61. The van der Waals surface area contributed by atoms with Gasteiger partial charge < -0.3 is 20.7 Å². The highest BCUT2D eigenvalue weighted by Gasteiger charge is 2.30. The van der Waals surface area contributed by atoms with Gasteiger partial charge in [-0.25, -0.2) is 4.98 Å². The second kappa shape index (κ2) is 12.0. The lowest BCUT2D eigenvalue weighted by Gasteiger charge is -2.17. The van der Waals surface area contributed by atoms with E-state index in [1.165, 1.54) is 4.57 Å². The molecule has 3 heterocycles. The Labute approximate surface area is 209 Å². The number of fused-ring (bicyclic) bond motifs is 1. The number of nitrogens with zero attached hydrogens (tertiary/aromatic N) is 3. The van der Waals surface area contributed by atoms with Gasteiger partial charge in [0.1, 0.15) is 11.8 Å². The molecule has 0 bridgehead atoms. The number of carbonyl (C=O) groups excluding carboxylic acids is 2. The molecule has 36 heavy (non-hydrogen) atoms. The second-order valence-corrected chi connectivity index (χ2v) is 8.39. The molecular formula is C26H30N6O4. The third-order valence-corrected chi connectivity index (χ3v) is 5.92. The van der Waals surface area contributed by atoms with E-state index in [2.05, 4.69) is 25.9 Å². The molecule has 0 spiro atoms. The third-order valence-electron chi connectivity index (χ3n) is 5.92. The maximum absolute atomic E-state index is 13.1. The lowest BCUT2D eigenvalue weighted by atomic mass is 10.1. The summed E-state index contributed by atoms with van der Waals surface area (Å²) in [4.78, 5) is 46.5. The number of rotatable bonds is 11. The molecule has 0 aliphatic carbocycles. The van der Waals surface area contributed by atoms with Crippen LogP contribution in [0, 0.1) is 0 Å². The van der Waals surface area contributed by atoms with Gasteiger partial charge in [-0.3, -0.25) is 23.9 Å². The average Bonchev–Trinajstić information content (AvgIpc) is 3.34. The number of hydrogen-bond donors (Lipinski definition) is 3. The molecule has 1 aliphatic rings. The van der Waals surface area contributed by atoms with Crippen molar-refractivity contribution in [2.24, 2.45) is 0 Å². The van der Waals surface area contributed by atoms with Crippen LogP contribution >= 0.6 is 0 Å². The topological polar surface area (TPSA) is 127 Å². The van der Waals surface area contributed by atoms with Crippen molar-refractivity contribution in [3.05, 3.63) is 82.2 Å². The quantitative estimate of drug-likeness (QED) is 0.373. The summed E-state index contributed by atoms with van der Waals surface area (Å²) in [6.07, 6.45) is 5.16. The molecule has 0 fully saturated rings. The molecule has 1 aliphatic heterocycles. The first-order valence-electron chi connectivity index (χ1n) is 12.1. The van der Waals surface area contributed by atoms with E-state index >= 15 is 0 Å². The average molecular weight is 491 g/mol. The van der Waals surface area contributed by atoms with Crippen molar-refractivity contribution in [3.63, 3.8) is 0 Å². The molecule has 3 aromatic rings. The van der Waals surface area contributed by atoms with Gasteiger partial charge in [0.25, 0.3) is 11.5 Å². The second-order valence-electron chi connectivity index (χ2n) is 8.39. The van der Waals surface area contributed by atoms with Crippen molar-refractivity contribution in [2.45, 2.75) is 38.8 Å². The molecule has 1 aromatic carbocycles. The number of nitrogens with one attached hydrogen (secondary N) is 3. The zero-order chi connectivity index (χ0) is 25.3. The van der Waals surface area contributed by atoms with Gasteiger partial charge in [-0.2, -0.15) is 0 Å². The van der Waals surface area contributed by atoms with E-state index in [0.717, 1.165) is 17.0 Å². The van der Waals surface area contributed by atoms with Crippen molar-refractivity contribution in [1.29, 1.82) is 0 Å². The van der Waals surface area contributed by atoms with Crippen molar-refractivity contribution in [1.82, 2.24) is 25.2 Å². The first-order chi connectivity index (χ1) is 17.6. The zero-order valence-electron chi connectivity index (χ0n) is 20.2. The molecule has 4 rings (SSSR count). The largest absolute Gasteiger partial charge is 0.483 e. The van der Waals surface area contributed by atoms with E-state index in [4.69, 9.17) is 4.74 Å². The highest BCUT2D eigenvalue weighted by molar-refractivity contribution is 5.81. The Morgan fingerprint density at radius 2 is 1.94 bits per heavy atom. The number of likely N-dealkylation sites (N-methyl/N-ethyl adjacent to an activating group) is 1. The number of carbonyl (C=O) groups is 2. The van der Waals surface area contributed by atoms with Gasteiger partial charge >= 0.3 is 0 Å². The minimum Gasteiger partial charge on any atom is -0.483 e. The fraction of sp³-hybridized carbons (Fsp3) is 0.346. The molecule has 2 aromatic heterocycles. The fourth-order valence-electron chi connectivity index (χ4n) is 4.15. The first kappa shape index (κ1) is 24.9. The number of ether oxygens (including phenoxy) is 1. The zero-order valence-corrected chi connectivity index (χ0v) is 20.2. The maximum atomic E-state index is 13.1.